The molecule has 0 aliphatic rings. The molecule has 0 spiro atoms. The van der Waals surface area contributed by atoms with Gasteiger partial charge in [0.05, 0.1) is 5.02 Å². The molecule has 0 aromatic carbocycles. The maximum Gasteiger partial charge on any atom is 0.356 e. The van der Waals surface area contributed by atoms with Gasteiger partial charge in [-0.1, -0.05) is 23.2 Å². The highest BCUT2D eigenvalue weighted by Crippen LogP contribution is 2.16. The fraction of sp³-hybridized carbons (Fsp3) is 0. The van der Waals surface area contributed by atoms with E-state index in [0.29, 0.717) is 0 Å². The van der Waals surface area contributed by atoms with Crippen LogP contribution in [0.4, 0.5) is 0 Å². The maximum atomic E-state index is 10.4. The molecule has 0 bridgehead atoms. The van der Waals surface area contributed by atoms with E-state index in [4.69, 9.17) is 28.3 Å². The molecule has 0 aliphatic carbocycles. The lowest BCUT2D eigenvalue weighted by Gasteiger charge is -1.96. The monoisotopic (exact) mass is 208 g/mol. The molecule has 0 unspecified atom stereocenters. The second kappa shape index (κ2) is 4.25. The molecule has 1 aromatic rings. The number of carboxylic acids is 1. The molecule has 4 N–H and O–H groups in total. The van der Waals surface area contributed by atoms with E-state index >= 15 is 0 Å². The van der Waals surface area contributed by atoms with E-state index < -0.39 is 5.97 Å². The van der Waals surface area contributed by atoms with Crippen molar-refractivity contribution in [3.63, 3.8) is 0 Å². The summed E-state index contributed by atoms with van der Waals surface area (Å²) in [6.07, 6.45) is 0. The van der Waals surface area contributed by atoms with Gasteiger partial charge in [0.25, 0.3) is 0 Å². The first-order chi connectivity index (χ1) is 5.11. The van der Waals surface area contributed by atoms with E-state index in [1.807, 2.05) is 0 Å². The smallest absolute Gasteiger partial charge is 0.356 e. The van der Waals surface area contributed by atoms with Crippen LogP contribution in [0, 0.1) is 0 Å². The molecular formula is C6H6Cl2N2O2. The molecule has 1 aromatic heterocycles. The zero-order chi connectivity index (χ0) is 8.43. The van der Waals surface area contributed by atoms with Crippen molar-refractivity contribution in [2.45, 2.75) is 0 Å². The van der Waals surface area contributed by atoms with Gasteiger partial charge in [-0.2, -0.15) is 0 Å². The average Bonchev–Trinajstić information content (AvgIpc) is 1.94. The van der Waals surface area contributed by atoms with Gasteiger partial charge in [-0.25, -0.2) is 9.78 Å². The van der Waals surface area contributed by atoms with Crippen molar-refractivity contribution >= 4 is 29.2 Å². The maximum absolute atomic E-state index is 10.4. The van der Waals surface area contributed by atoms with Crippen LogP contribution in [-0.2, 0) is 0 Å². The Kier molecular flexibility index (Phi) is 3.95. The van der Waals surface area contributed by atoms with Gasteiger partial charge in [0.2, 0.25) is 0 Å². The highest BCUT2D eigenvalue weighted by atomic mass is 35.5. The Balaban J connectivity index is 0.00000121. The molecule has 0 radical (unpaired) electrons. The van der Waals surface area contributed by atoms with Crippen LogP contribution in [-0.4, -0.2) is 16.1 Å². The summed E-state index contributed by atoms with van der Waals surface area (Å²) in [6, 6.07) is 2.82. The molecule has 1 heterocycles. The van der Waals surface area contributed by atoms with Crippen molar-refractivity contribution in [1.29, 1.82) is 0 Å². The summed E-state index contributed by atoms with van der Waals surface area (Å²) >= 11 is 10.9. The summed E-state index contributed by atoms with van der Waals surface area (Å²) in [4.78, 5) is 13.9. The number of pyridine rings is 1. The third kappa shape index (κ3) is 2.34. The summed E-state index contributed by atoms with van der Waals surface area (Å²) < 4.78 is 0. The Bertz CT molecular complexity index is 304. The first-order valence-electron chi connectivity index (χ1n) is 2.66. The van der Waals surface area contributed by atoms with Gasteiger partial charge in [0.1, 0.15) is 5.15 Å². The van der Waals surface area contributed by atoms with Gasteiger partial charge < -0.3 is 11.3 Å². The number of hydrogen-bond acceptors (Lipinski definition) is 3. The second-order valence-corrected chi connectivity index (χ2v) is 2.56. The number of aromatic nitrogens is 1. The molecule has 0 atom stereocenters. The normalized spacial score (nSPS) is 8.83. The van der Waals surface area contributed by atoms with Crippen molar-refractivity contribution < 1.29 is 9.90 Å². The van der Waals surface area contributed by atoms with Crippen LogP contribution in [0.3, 0.4) is 0 Å². The predicted octanol–water partition coefficient (Wildman–Crippen LogP) is 2.25. The molecule has 6 heteroatoms. The zero-order valence-electron chi connectivity index (χ0n) is 5.92. The number of hydrogen-bond donors (Lipinski definition) is 2. The third-order valence-corrected chi connectivity index (χ3v) is 1.53. The molecule has 66 valence electrons. The Hall–Kier alpha value is -0.840. The largest absolute Gasteiger partial charge is 0.476 e. The summed E-state index contributed by atoms with van der Waals surface area (Å²) in [6.45, 7) is 0. The van der Waals surface area contributed by atoms with Gasteiger partial charge in [0.15, 0.2) is 5.69 Å². The lowest BCUT2D eigenvalue weighted by Crippen LogP contribution is -2.00. The lowest BCUT2D eigenvalue weighted by molar-refractivity contribution is 0.0690. The second-order valence-electron chi connectivity index (χ2n) is 1.77. The summed E-state index contributed by atoms with van der Waals surface area (Å²) in [5, 5.41) is 8.69. The highest BCUT2D eigenvalue weighted by Gasteiger charge is 2.09. The van der Waals surface area contributed by atoms with E-state index in [9.17, 15) is 4.79 Å². The van der Waals surface area contributed by atoms with Gasteiger partial charge in [0, 0.05) is 0 Å². The number of carbonyl (C=O) groups is 1. The Morgan fingerprint density at radius 3 is 2.42 bits per heavy atom. The van der Waals surface area contributed by atoms with Gasteiger partial charge in [-0.3, -0.25) is 0 Å². The van der Waals surface area contributed by atoms with Crippen LogP contribution >= 0.6 is 23.2 Å². The minimum atomic E-state index is -1.18. The minimum Gasteiger partial charge on any atom is -0.476 e. The van der Waals surface area contributed by atoms with Crippen LogP contribution < -0.4 is 6.15 Å². The summed E-state index contributed by atoms with van der Waals surface area (Å²) in [7, 11) is 0. The summed E-state index contributed by atoms with van der Waals surface area (Å²) in [5.41, 5.74) is -0.223. The first-order valence-corrected chi connectivity index (χ1v) is 3.42. The van der Waals surface area contributed by atoms with Crippen molar-refractivity contribution in [2.24, 2.45) is 0 Å². The molecular weight excluding hydrogens is 203 g/mol. The SMILES string of the molecule is N.O=C(O)c1nc(Cl)ccc1Cl. The average molecular weight is 209 g/mol. The van der Waals surface area contributed by atoms with E-state index in [-0.39, 0.29) is 22.0 Å². The fourth-order valence-corrected chi connectivity index (χ4v) is 0.902. The lowest BCUT2D eigenvalue weighted by atomic mass is 10.3. The van der Waals surface area contributed by atoms with Gasteiger partial charge in [-0.15, -0.1) is 0 Å². The molecule has 0 aliphatic heterocycles. The Morgan fingerprint density at radius 2 is 2.00 bits per heavy atom. The number of nitrogens with zero attached hydrogens (tertiary/aromatic N) is 1. The Labute approximate surface area is 78.7 Å². The van der Waals surface area contributed by atoms with Crippen molar-refractivity contribution in [2.75, 3.05) is 0 Å². The van der Waals surface area contributed by atoms with Crippen molar-refractivity contribution in [3.05, 3.63) is 28.0 Å². The molecule has 1 rings (SSSR count). The first kappa shape index (κ1) is 11.2. The Morgan fingerprint density at radius 1 is 1.42 bits per heavy atom. The molecule has 0 saturated heterocycles. The number of aromatic carboxylic acids is 1. The van der Waals surface area contributed by atoms with Gasteiger partial charge >= 0.3 is 5.97 Å². The molecule has 4 nitrogen and oxygen atoms in total. The van der Waals surface area contributed by atoms with E-state index in [0.717, 1.165) is 0 Å². The highest BCUT2D eigenvalue weighted by molar-refractivity contribution is 6.34. The van der Waals surface area contributed by atoms with E-state index in [1.165, 1.54) is 12.1 Å². The van der Waals surface area contributed by atoms with Crippen LogP contribution in [0.2, 0.25) is 10.2 Å². The quantitative estimate of drug-likeness (QED) is 0.694. The van der Waals surface area contributed by atoms with Crippen LogP contribution in [0.5, 0.6) is 0 Å². The predicted molar refractivity (Wildman–Crippen MR) is 46.2 cm³/mol. The molecule has 0 fully saturated rings. The van der Waals surface area contributed by atoms with Crippen molar-refractivity contribution in [1.82, 2.24) is 11.1 Å². The van der Waals surface area contributed by atoms with E-state index in [1.54, 1.807) is 0 Å². The van der Waals surface area contributed by atoms with Gasteiger partial charge in [-0.05, 0) is 12.1 Å². The number of rotatable bonds is 1. The number of halogens is 2. The molecule has 12 heavy (non-hydrogen) atoms. The standard InChI is InChI=1S/C6H3Cl2NO2.H3N/c7-3-1-2-4(8)9-5(3)6(10)11;/h1-2H,(H,10,11);1H3. The van der Waals surface area contributed by atoms with Crippen LogP contribution in [0.1, 0.15) is 10.5 Å². The molecule has 0 saturated carbocycles. The zero-order valence-corrected chi connectivity index (χ0v) is 7.43. The topological polar surface area (TPSA) is 85.2 Å². The van der Waals surface area contributed by atoms with Crippen molar-refractivity contribution in [3.8, 4) is 0 Å². The third-order valence-electron chi connectivity index (χ3n) is 1.01. The summed E-state index contributed by atoms with van der Waals surface area (Å²) in [5.74, 6) is -1.18. The molecule has 0 amide bonds. The van der Waals surface area contributed by atoms with E-state index in [2.05, 4.69) is 4.98 Å². The number of carboxylic acid groups (broad SMARTS) is 1. The van der Waals surface area contributed by atoms with Crippen LogP contribution in [0.15, 0.2) is 12.1 Å². The van der Waals surface area contributed by atoms with Crippen LogP contribution in [0.25, 0.3) is 0 Å². The fourth-order valence-electron chi connectivity index (χ4n) is 0.568. The minimum absolute atomic E-state index is 0.